The fourth-order valence-electron chi connectivity index (χ4n) is 4.84. The molecule has 2 aromatic heterocycles. The molecule has 0 bridgehead atoms. The highest BCUT2D eigenvalue weighted by Gasteiger charge is 2.30. The minimum absolute atomic E-state index is 0.197. The van der Waals surface area contributed by atoms with Gasteiger partial charge in [-0.2, -0.15) is 0 Å². The third kappa shape index (κ3) is 5.93. The largest absolute Gasteiger partial charge is 0.454 e. The number of benzene rings is 2. The van der Waals surface area contributed by atoms with Crippen molar-refractivity contribution in [3.63, 3.8) is 0 Å². The van der Waals surface area contributed by atoms with E-state index in [2.05, 4.69) is 10.3 Å². The number of pyridine rings is 1. The fourth-order valence-corrected chi connectivity index (χ4v) is 4.84. The number of amides is 2. The monoisotopic (exact) mass is 564 g/mol. The molecule has 1 fully saturated rings. The second-order valence-corrected chi connectivity index (χ2v) is 11.0. The summed E-state index contributed by atoms with van der Waals surface area (Å²) in [5.74, 6) is -1.89. The summed E-state index contributed by atoms with van der Waals surface area (Å²) in [7, 11) is 1.60. The van der Waals surface area contributed by atoms with Crippen LogP contribution in [0.1, 0.15) is 37.6 Å². The van der Waals surface area contributed by atoms with Crippen LogP contribution in [0.5, 0.6) is 11.5 Å². The average Bonchev–Trinajstić information content (AvgIpc) is 3.57. The second kappa shape index (κ2) is 10.7. The molecule has 1 atom stereocenters. The standard InChI is InChI=1S/C30H30F2N4O5/c1-30(2,3)41-29(39)34-19-10-12-36(15-19)27(37)17-5-7-24(40-25-8-6-18(31)14-23(25)32)21(13-17)22-16-35(4)28(38)26-20(22)9-11-33-26/h5-9,11,13-14,16,19,33H,10,12,15H2,1-4H3,(H,34,39). The van der Waals surface area contributed by atoms with Crippen LogP contribution in [0, 0.1) is 11.6 Å². The first kappa shape index (κ1) is 27.9. The Morgan fingerprint density at radius 3 is 2.54 bits per heavy atom. The predicted molar refractivity (Wildman–Crippen MR) is 149 cm³/mol. The van der Waals surface area contributed by atoms with Gasteiger partial charge in [0.25, 0.3) is 11.5 Å². The third-order valence-corrected chi connectivity index (χ3v) is 6.72. The maximum atomic E-state index is 14.5. The summed E-state index contributed by atoms with van der Waals surface area (Å²) < 4.78 is 40.6. The zero-order valence-electron chi connectivity index (χ0n) is 23.1. The molecule has 1 unspecified atom stereocenters. The number of hydrogen-bond donors (Lipinski definition) is 2. The van der Waals surface area contributed by atoms with E-state index in [9.17, 15) is 23.2 Å². The first-order valence-corrected chi connectivity index (χ1v) is 13.1. The molecule has 2 amide bonds. The molecule has 1 saturated heterocycles. The number of H-pyrrole nitrogens is 1. The van der Waals surface area contributed by atoms with E-state index in [1.165, 1.54) is 10.6 Å². The van der Waals surface area contributed by atoms with E-state index in [4.69, 9.17) is 9.47 Å². The molecule has 2 aromatic carbocycles. The van der Waals surface area contributed by atoms with Gasteiger partial charge in [0.2, 0.25) is 0 Å². The molecule has 3 heterocycles. The van der Waals surface area contributed by atoms with Crippen molar-refractivity contribution in [3.8, 4) is 22.6 Å². The van der Waals surface area contributed by atoms with E-state index in [1.54, 1.807) is 69.4 Å². The second-order valence-electron chi connectivity index (χ2n) is 11.0. The van der Waals surface area contributed by atoms with Gasteiger partial charge >= 0.3 is 6.09 Å². The molecule has 11 heteroatoms. The number of nitrogens with zero attached hydrogens (tertiary/aromatic N) is 2. The molecule has 4 aromatic rings. The number of carbonyl (C=O) groups excluding carboxylic acids is 2. The predicted octanol–water partition coefficient (Wildman–Crippen LogP) is 5.34. The SMILES string of the molecule is Cn1cc(-c2cc(C(=O)N3CCC(NC(=O)OC(C)(C)C)C3)ccc2Oc2ccc(F)cc2F)c2cc[nH]c2c1=O. The number of aryl methyl sites for hydroxylation is 1. The lowest BCUT2D eigenvalue weighted by molar-refractivity contribution is 0.0502. The Morgan fingerprint density at radius 1 is 1.05 bits per heavy atom. The molecule has 9 nitrogen and oxygen atoms in total. The van der Waals surface area contributed by atoms with Crippen molar-refractivity contribution in [2.75, 3.05) is 13.1 Å². The number of nitrogens with one attached hydrogen (secondary N) is 2. The number of halogens is 2. The number of hydrogen-bond acceptors (Lipinski definition) is 5. The molecule has 0 spiro atoms. The molecule has 2 N–H and O–H groups in total. The quantitative estimate of drug-likeness (QED) is 0.340. The van der Waals surface area contributed by atoms with Gasteiger partial charge in [0.1, 0.15) is 22.7 Å². The summed E-state index contributed by atoms with van der Waals surface area (Å²) in [5.41, 5.74) is 0.817. The van der Waals surface area contributed by atoms with Gasteiger partial charge in [-0.15, -0.1) is 0 Å². The molecule has 0 saturated carbocycles. The van der Waals surface area contributed by atoms with Crippen molar-refractivity contribution in [2.24, 2.45) is 7.05 Å². The Hall–Kier alpha value is -4.67. The maximum absolute atomic E-state index is 14.5. The van der Waals surface area contributed by atoms with Gasteiger partial charge in [-0.05, 0) is 63.6 Å². The normalized spacial score (nSPS) is 15.3. The third-order valence-electron chi connectivity index (χ3n) is 6.72. The van der Waals surface area contributed by atoms with Crippen LogP contribution in [0.2, 0.25) is 0 Å². The smallest absolute Gasteiger partial charge is 0.407 e. The number of aromatic nitrogens is 2. The Kier molecular flexibility index (Phi) is 7.29. The molecular weight excluding hydrogens is 534 g/mol. The van der Waals surface area contributed by atoms with Crippen LogP contribution in [0.25, 0.3) is 22.0 Å². The van der Waals surface area contributed by atoms with Gasteiger partial charge < -0.3 is 29.2 Å². The van der Waals surface area contributed by atoms with E-state index < -0.39 is 23.3 Å². The van der Waals surface area contributed by atoms with E-state index in [-0.39, 0.29) is 29.0 Å². The first-order valence-electron chi connectivity index (χ1n) is 13.1. The van der Waals surface area contributed by atoms with Crippen molar-refractivity contribution in [1.29, 1.82) is 0 Å². The number of aromatic amines is 1. The fraction of sp³-hybridized carbons (Fsp3) is 0.300. The van der Waals surface area contributed by atoms with Crippen molar-refractivity contribution in [1.82, 2.24) is 19.8 Å². The average molecular weight is 565 g/mol. The molecule has 41 heavy (non-hydrogen) atoms. The lowest BCUT2D eigenvalue weighted by Crippen LogP contribution is -2.41. The Balaban J connectivity index is 1.49. The number of carbonyl (C=O) groups is 2. The highest BCUT2D eigenvalue weighted by atomic mass is 19.1. The van der Waals surface area contributed by atoms with Crippen molar-refractivity contribution < 1.29 is 27.8 Å². The molecule has 0 radical (unpaired) electrons. The number of likely N-dealkylation sites (tertiary alicyclic amines) is 1. The number of ether oxygens (including phenoxy) is 2. The maximum Gasteiger partial charge on any atom is 0.407 e. The molecule has 1 aliphatic heterocycles. The summed E-state index contributed by atoms with van der Waals surface area (Å²) in [5, 5.41) is 3.40. The molecule has 0 aliphatic carbocycles. The highest BCUT2D eigenvalue weighted by molar-refractivity contribution is 6.00. The summed E-state index contributed by atoms with van der Waals surface area (Å²) in [6.45, 7) is 6.05. The Morgan fingerprint density at radius 2 is 1.80 bits per heavy atom. The minimum Gasteiger partial charge on any atom is -0.454 e. The van der Waals surface area contributed by atoms with E-state index in [0.717, 1.165) is 12.1 Å². The molecular formula is C30H30F2N4O5. The Labute approximate surface area is 234 Å². The van der Waals surface area contributed by atoms with E-state index >= 15 is 0 Å². The lowest BCUT2D eigenvalue weighted by Gasteiger charge is -2.22. The minimum atomic E-state index is -0.885. The van der Waals surface area contributed by atoms with Crippen LogP contribution < -0.4 is 15.6 Å². The van der Waals surface area contributed by atoms with Crippen LogP contribution in [0.4, 0.5) is 13.6 Å². The van der Waals surface area contributed by atoms with Crippen molar-refractivity contribution in [2.45, 2.75) is 38.8 Å². The summed E-state index contributed by atoms with van der Waals surface area (Å²) in [6.07, 6.45) is 3.27. The molecule has 5 rings (SSSR count). The lowest BCUT2D eigenvalue weighted by atomic mass is 9.99. The highest BCUT2D eigenvalue weighted by Crippen LogP contribution is 2.38. The summed E-state index contributed by atoms with van der Waals surface area (Å²) in [6, 6.07) is 9.19. The van der Waals surface area contributed by atoms with Crippen LogP contribution in [0.15, 0.2) is 59.7 Å². The van der Waals surface area contributed by atoms with Gasteiger partial charge in [-0.1, -0.05) is 0 Å². The topological polar surface area (TPSA) is 106 Å². The van der Waals surface area contributed by atoms with Gasteiger partial charge in [-0.3, -0.25) is 9.59 Å². The zero-order chi connectivity index (χ0) is 29.5. The van der Waals surface area contributed by atoms with Gasteiger partial charge in [0.15, 0.2) is 11.6 Å². The van der Waals surface area contributed by atoms with E-state index in [1.807, 2.05) is 0 Å². The van der Waals surface area contributed by atoms with Crippen LogP contribution in [-0.4, -0.2) is 51.2 Å². The van der Waals surface area contributed by atoms with Crippen LogP contribution >= 0.6 is 0 Å². The number of rotatable bonds is 5. The molecule has 214 valence electrons. The molecule has 1 aliphatic rings. The van der Waals surface area contributed by atoms with Gasteiger partial charge in [0, 0.05) is 60.7 Å². The van der Waals surface area contributed by atoms with Crippen molar-refractivity contribution in [3.05, 3.63) is 82.4 Å². The van der Waals surface area contributed by atoms with Gasteiger partial charge in [-0.25, -0.2) is 13.6 Å². The Bertz CT molecular complexity index is 1710. The number of alkyl carbamates (subject to hydrolysis) is 1. The van der Waals surface area contributed by atoms with E-state index in [0.29, 0.717) is 47.1 Å². The van der Waals surface area contributed by atoms with Crippen LogP contribution in [0.3, 0.4) is 0 Å². The first-order chi connectivity index (χ1) is 19.4. The van der Waals surface area contributed by atoms with Crippen molar-refractivity contribution >= 4 is 22.9 Å². The number of fused-ring (bicyclic) bond motifs is 1. The van der Waals surface area contributed by atoms with Gasteiger partial charge in [0.05, 0.1) is 6.04 Å². The summed E-state index contributed by atoms with van der Waals surface area (Å²) >= 11 is 0. The van der Waals surface area contributed by atoms with Crippen LogP contribution in [-0.2, 0) is 11.8 Å². The summed E-state index contributed by atoms with van der Waals surface area (Å²) in [4.78, 5) is 43.0. The zero-order valence-corrected chi connectivity index (χ0v) is 23.1.